The summed E-state index contributed by atoms with van der Waals surface area (Å²) < 4.78 is 16.8. The summed E-state index contributed by atoms with van der Waals surface area (Å²) in [5.74, 6) is 1.93. The molecular weight excluding hydrogens is 320 g/mol. The van der Waals surface area contributed by atoms with Crippen LogP contribution in [0.5, 0.6) is 11.5 Å². The smallest absolute Gasteiger partial charge is 0.315 e. The Bertz CT molecular complexity index is 567. The third-order valence-corrected chi connectivity index (χ3v) is 4.85. The average molecular weight is 348 g/mol. The number of rotatable bonds is 7. The molecular formula is C19H28N2O4. The number of urea groups is 1. The van der Waals surface area contributed by atoms with E-state index >= 15 is 0 Å². The summed E-state index contributed by atoms with van der Waals surface area (Å²) >= 11 is 0. The van der Waals surface area contributed by atoms with Crippen LogP contribution in [0.15, 0.2) is 18.2 Å². The number of nitrogens with one attached hydrogen (secondary N) is 2. The Morgan fingerprint density at radius 2 is 2.04 bits per heavy atom. The van der Waals surface area contributed by atoms with Crippen LogP contribution in [0.1, 0.15) is 37.7 Å². The van der Waals surface area contributed by atoms with E-state index in [9.17, 15) is 4.79 Å². The standard InChI is InChI=1S/C19H28N2O4/c1-23-17-7-6-14(10-18(17)25-16-4-2-3-5-16)11-20-19(22)21-12-15-8-9-24-13-15/h6-7,10,15-16H,2-5,8-9,11-13H2,1H3,(H2,20,21,22)/t15-/m0/s1. The molecule has 2 aliphatic rings. The van der Waals surface area contributed by atoms with Crippen molar-refractivity contribution in [2.45, 2.75) is 44.8 Å². The first kappa shape index (κ1) is 17.9. The van der Waals surface area contributed by atoms with E-state index in [2.05, 4.69) is 10.6 Å². The van der Waals surface area contributed by atoms with Gasteiger partial charge in [0.15, 0.2) is 11.5 Å². The zero-order valence-corrected chi connectivity index (χ0v) is 14.9. The minimum Gasteiger partial charge on any atom is -0.493 e. The Balaban J connectivity index is 1.49. The summed E-state index contributed by atoms with van der Waals surface area (Å²) in [6.45, 7) is 2.65. The lowest BCUT2D eigenvalue weighted by Gasteiger charge is -2.17. The first-order chi connectivity index (χ1) is 12.2. The summed E-state index contributed by atoms with van der Waals surface area (Å²) in [6.07, 6.45) is 5.92. The van der Waals surface area contributed by atoms with Crippen LogP contribution in [0.2, 0.25) is 0 Å². The zero-order chi connectivity index (χ0) is 17.5. The van der Waals surface area contributed by atoms with Crippen LogP contribution < -0.4 is 20.1 Å². The highest BCUT2D eigenvalue weighted by Gasteiger charge is 2.19. The van der Waals surface area contributed by atoms with E-state index in [-0.39, 0.29) is 12.1 Å². The molecule has 2 fully saturated rings. The zero-order valence-electron chi connectivity index (χ0n) is 14.9. The second-order valence-corrected chi connectivity index (χ2v) is 6.80. The molecule has 138 valence electrons. The normalized spacial score (nSPS) is 20.4. The molecule has 25 heavy (non-hydrogen) atoms. The lowest BCUT2D eigenvalue weighted by Crippen LogP contribution is -2.38. The van der Waals surface area contributed by atoms with Crippen molar-refractivity contribution in [3.05, 3.63) is 23.8 Å². The Labute approximate surface area is 149 Å². The molecule has 0 bridgehead atoms. The minimum absolute atomic E-state index is 0.152. The molecule has 0 radical (unpaired) electrons. The number of hydrogen-bond donors (Lipinski definition) is 2. The number of carbonyl (C=O) groups is 1. The van der Waals surface area contributed by atoms with E-state index in [1.807, 2.05) is 18.2 Å². The molecule has 1 heterocycles. The van der Waals surface area contributed by atoms with E-state index in [4.69, 9.17) is 14.2 Å². The molecule has 1 aromatic rings. The molecule has 0 unspecified atom stereocenters. The van der Waals surface area contributed by atoms with Gasteiger partial charge in [0.2, 0.25) is 0 Å². The predicted molar refractivity (Wildman–Crippen MR) is 95.0 cm³/mol. The van der Waals surface area contributed by atoms with Crippen LogP contribution in [0.3, 0.4) is 0 Å². The third-order valence-electron chi connectivity index (χ3n) is 4.85. The van der Waals surface area contributed by atoms with Crippen molar-refractivity contribution in [1.29, 1.82) is 0 Å². The number of carbonyl (C=O) groups excluding carboxylic acids is 1. The summed E-state index contributed by atoms with van der Waals surface area (Å²) in [6, 6.07) is 5.66. The Hall–Kier alpha value is -1.95. The lowest BCUT2D eigenvalue weighted by atomic mass is 10.1. The Kier molecular flexibility index (Phi) is 6.39. The number of ether oxygens (including phenoxy) is 3. The van der Waals surface area contributed by atoms with Crippen LogP contribution in [-0.2, 0) is 11.3 Å². The van der Waals surface area contributed by atoms with Gasteiger partial charge in [-0.25, -0.2) is 4.79 Å². The molecule has 1 saturated carbocycles. The molecule has 2 amide bonds. The molecule has 1 aliphatic heterocycles. The quantitative estimate of drug-likeness (QED) is 0.795. The van der Waals surface area contributed by atoms with Crippen LogP contribution in [-0.4, -0.2) is 39.0 Å². The summed E-state index contributed by atoms with van der Waals surface area (Å²) in [5.41, 5.74) is 0.994. The maximum Gasteiger partial charge on any atom is 0.315 e. The molecule has 2 N–H and O–H groups in total. The molecule has 1 saturated heterocycles. The SMILES string of the molecule is COc1ccc(CNC(=O)NC[C@@H]2CCOC2)cc1OC1CCCC1. The van der Waals surface area contributed by atoms with Gasteiger partial charge < -0.3 is 24.8 Å². The molecule has 0 spiro atoms. The summed E-state index contributed by atoms with van der Waals surface area (Å²) in [5, 5.41) is 5.80. The van der Waals surface area contributed by atoms with E-state index in [1.165, 1.54) is 12.8 Å². The number of amides is 2. The maximum atomic E-state index is 11.9. The molecule has 3 rings (SSSR count). The molecule has 1 aliphatic carbocycles. The van der Waals surface area contributed by atoms with Crippen LogP contribution in [0.4, 0.5) is 4.79 Å². The topological polar surface area (TPSA) is 68.8 Å². The van der Waals surface area contributed by atoms with Gasteiger partial charge in [0, 0.05) is 25.6 Å². The van der Waals surface area contributed by atoms with Crippen molar-refractivity contribution in [3.8, 4) is 11.5 Å². The van der Waals surface area contributed by atoms with Gasteiger partial charge in [-0.1, -0.05) is 6.07 Å². The molecule has 1 aromatic carbocycles. The van der Waals surface area contributed by atoms with Crippen molar-refractivity contribution in [3.63, 3.8) is 0 Å². The average Bonchev–Trinajstić information content (AvgIpc) is 3.32. The van der Waals surface area contributed by atoms with Crippen molar-refractivity contribution in [2.75, 3.05) is 26.9 Å². The Morgan fingerprint density at radius 3 is 2.76 bits per heavy atom. The highest BCUT2D eigenvalue weighted by molar-refractivity contribution is 5.73. The van der Waals surface area contributed by atoms with Gasteiger partial charge in [-0.2, -0.15) is 0 Å². The number of methoxy groups -OCH3 is 1. The fraction of sp³-hybridized carbons (Fsp3) is 0.632. The minimum atomic E-state index is -0.152. The highest BCUT2D eigenvalue weighted by atomic mass is 16.5. The molecule has 6 nitrogen and oxygen atoms in total. The summed E-state index contributed by atoms with van der Waals surface area (Å²) in [4.78, 5) is 11.9. The molecule has 6 heteroatoms. The summed E-state index contributed by atoms with van der Waals surface area (Å²) in [7, 11) is 1.65. The van der Waals surface area contributed by atoms with Crippen molar-refractivity contribution in [2.24, 2.45) is 5.92 Å². The van der Waals surface area contributed by atoms with Gasteiger partial charge in [-0.3, -0.25) is 0 Å². The monoisotopic (exact) mass is 348 g/mol. The van der Waals surface area contributed by atoms with E-state index < -0.39 is 0 Å². The molecule has 1 atom stereocenters. The first-order valence-electron chi connectivity index (χ1n) is 9.17. The van der Waals surface area contributed by atoms with E-state index in [1.54, 1.807) is 7.11 Å². The van der Waals surface area contributed by atoms with Crippen LogP contribution in [0.25, 0.3) is 0 Å². The first-order valence-corrected chi connectivity index (χ1v) is 9.17. The van der Waals surface area contributed by atoms with Gasteiger partial charge >= 0.3 is 6.03 Å². The van der Waals surface area contributed by atoms with Gasteiger partial charge in [-0.15, -0.1) is 0 Å². The van der Waals surface area contributed by atoms with Crippen LogP contribution >= 0.6 is 0 Å². The van der Waals surface area contributed by atoms with E-state index in [0.29, 0.717) is 19.0 Å². The van der Waals surface area contributed by atoms with Crippen LogP contribution in [0, 0.1) is 5.92 Å². The molecule has 0 aromatic heterocycles. The van der Waals surface area contributed by atoms with Crippen molar-refractivity contribution in [1.82, 2.24) is 10.6 Å². The van der Waals surface area contributed by atoms with Crippen molar-refractivity contribution < 1.29 is 19.0 Å². The number of benzene rings is 1. The van der Waals surface area contributed by atoms with Gasteiger partial charge in [0.25, 0.3) is 0 Å². The fourth-order valence-electron chi connectivity index (χ4n) is 3.34. The number of hydrogen-bond acceptors (Lipinski definition) is 4. The predicted octanol–water partition coefficient (Wildman–Crippen LogP) is 2.85. The lowest BCUT2D eigenvalue weighted by molar-refractivity contribution is 0.185. The van der Waals surface area contributed by atoms with E-state index in [0.717, 1.165) is 49.5 Å². The fourth-order valence-corrected chi connectivity index (χ4v) is 3.34. The van der Waals surface area contributed by atoms with Gasteiger partial charge in [0.1, 0.15) is 0 Å². The Morgan fingerprint density at radius 1 is 1.20 bits per heavy atom. The van der Waals surface area contributed by atoms with Crippen molar-refractivity contribution >= 4 is 6.03 Å². The largest absolute Gasteiger partial charge is 0.493 e. The third kappa shape index (κ3) is 5.26. The second-order valence-electron chi connectivity index (χ2n) is 6.80. The second kappa shape index (κ2) is 8.94. The maximum absolute atomic E-state index is 11.9. The van der Waals surface area contributed by atoms with Gasteiger partial charge in [-0.05, 0) is 49.8 Å². The highest BCUT2D eigenvalue weighted by Crippen LogP contribution is 2.32. The van der Waals surface area contributed by atoms with Gasteiger partial charge in [0.05, 0.1) is 19.8 Å².